The van der Waals surface area contributed by atoms with Crippen LogP contribution in [-0.4, -0.2) is 26.8 Å². The number of aromatic nitrogens is 3. The van der Waals surface area contributed by atoms with Gasteiger partial charge >= 0.3 is 0 Å². The SMILES string of the molecule is C=CCNC(=O)c1cn(C)cc2c(=O)n(-c3ccccc3)nc1-2. The number of para-hydroxylation sites is 1. The van der Waals surface area contributed by atoms with E-state index in [9.17, 15) is 9.59 Å². The molecule has 0 atom stereocenters. The van der Waals surface area contributed by atoms with Gasteiger partial charge in [0.05, 0.1) is 16.8 Å². The van der Waals surface area contributed by atoms with E-state index in [1.54, 1.807) is 42.2 Å². The van der Waals surface area contributed by atoms with Crippen molar-refractivity contribution in [1.82, 2.24) is 19.7 Å². The van der Waals surface area contributed by atoms with Gasteiger partial charge in [-0.05, 0) is 12.1 Å². The molecule has 0 aromatic heterocycles. The molecular formula is C17H16N4O2. The van der Waals surface area contributed by atoms with Crippen molar-refractivity contribution in [3.8, 4) is 16.9 Å². The van der Waals surface area contributed by atoms with E-state index in [4.69, 9.17) is 0 Å². The van der Waals surface area contributed by atoms with Gasteiger partial charge in [0.25, 0.3) is 11.5 Å². The lowest BCUT2D eigenvalue weighted by molar-refractivity contribution is 0.0957. The van der Waals surface area contributed by atoms with Crippen LogP contribution in [0, 0.1) is 0 Å². The van der Waals surface area contributed by atoms with Crippen LogP contribution in [0.25, 0.3) is 16.9 Å². The number of rotatable bonds is 4. The van der Waals surface area contributed by atoms with E-state index in [1.807, 2.05) is 18.2 Å². The summed E-state index contributed by atoms with van der Waals surface area (Å²) < 4.78 is 3.00. The molecule has 0 spiro atoms. The highest BCUT2D eigenvalue weighted by molar-refractivity contribution is 5.99. The molecule has 3 rings (SSSR count). The van der Waals surface area contributed by atoms with E-state index in [0.717, 1.165) is 0 Å². The van der Waals surface area contributed by atoms with Crippen LogP contribution >= 0.6 is 0 Å². The fourth-order valence-corrected chi connectivity index (χ4v) is 2.41. The van der Waals surface area contributed by atoms with Crippen molar-refractivity contribution in [3.05, 3.63) is 71.3 Å². The summed E-state index contributed by atoms with van der Waals surface area (Å²) in [7, 11) is 1.77. The minimum atomic E-state index is -0.288. The van der Waals surface area contributed by atoms with Crippen LogP contribution in [0.4, 0.5) is 0 Å². The van der Waals surface area contributed by atoms with Crippen LogP contribution < -0.4 is 10.9 Å². The second-order valence-corrected chi connectivity index (χ2v) is 5.15. The minimum Gasteiger partial charge on any atom is -0.356 e. The highest BCUT2D eigenvalue weighted by Gasteiger charge is 2.23. The van der Waals surface area contributed by atoms with Crippen molar-refractivity contribution in [1.29, 1.82) is 0 Å². The van der Waals surface area contributed by atoms with Gasteiger partial charge < -0.3 is 9.88 Å². The molecule has 0 radical (unpaired) electrons. The molecule has 1 N–H and O–H groups in total. The van der Waals surface area contributed by atoms with E-state index >= 15 is 0 Å². The number of fused-ring (bicyclic) bond motifs is 1. The van der Waals surface area contributed by atoms with Crippen LogP contribution in [0.3, 0.4) is 0 Å². The lowest BCUT2D eigenvalue weighted by atomic mass is 10.1. The zero-order valence-corrected chi connectivity index (χ0v) is 12.7. The highest BCUT2D eigenvalue weighted by atomic mass is 16.2. The van der Waals surface area contributed by atoms with Crippen molar-refractivity contribution in [2.75, 3.05) is 6.54 Å². The fourth-order valence-electron chi connectivity index (χ4n) is 2.41. The fraction of sp³-hybridized carbons (Fsp3) is 0.118. The molecule has 2 heterocycles. The number of hydrogen-bond acceptors (Lipinski definition) is 3. The summed E-state index contributed by atoms with van der Waals surface area (Å²) >= 11 is 0. The summed E-state index contributed by atoms with van der Waals surface area (Å²) in [5.41, 5.74) is 1.56. The normalized spacial score (nSPS) is 10.7. The van der Waals surface area contributed by atoms with Crippen molar-refractivity contribution in [3.63, 3.8) is 0 Å². The Labute approximate surface area is 133 Å². The van der Waals surface area contributed by atoms with Gasteiger partial charge in [0.1, 0.15) is 5.69 Å². The number of hydrogen-bond donors (Lipinski definition) is 1. The summed E-state index contributed by atoms with van der Waals surface area (Å²) in [5.74, 6) is -0.288. The molecule has 0 fully saturated rings. The maximum atomic E-state index is 12.6. The van der Waals surface area contributed by atoms with Gasteiger partial charge in [-0.3, -0.25) is 9.59 Å². The van der Waals surface area contributed by atoms with Gasteiger partial charge in [-0.25, -0.2) is 0 Å². The average molecular weight is 308 g/mol. The van der Waals surface area contributed by atoms with Gasteiger partial charge in [0.15, 0.2) is 0 Å². The monoisotopic (exact) mass is 308 g/mol. The third-order valence-corrected chi connectivity index (χ3v) is 3.45. The van der Waals surface area contributed by atoms with Crippen molar-refractivity contribution < 1.29 is 4.79 Å². The Morgan fingerprint density at radius 3 is 2.74 bits per heavy atom. The molecule has 6 nitrogen and oxygen atoms in total. The predicted molar refractivity (Wildman–Crippen MR) is 88.0 cm³/mol. The molecule has 0 unspecified atom stereocenters. The number of amides is 1. The van der Waals surface area contributed by atoms with Crippen LogP contribution in [0.2, 0.25) is 0 Å². The number of carbonyl (C=O) groups excluding carboxylic acids is 1. The molecular weight excluding hydrogens is 292 g/mol. The van der Waals surface area contributed by atoms with Crippen LogP contribution in [0.15, 0.2) is 60.2 Å². The summed E-state index contributed by atoms with van der Waals surface area (Å²) in [6, 6.07) is 9.12. The number of benzene rings is 1. The first kappa shape index (κ1) is 14.8. The second kappa shape index (κ2) is 5.92. The van der Waals surface area contributed by atoms with Gasteiger partial charge in [-0.2, -0.15) is 9.78 Å². The van der Waals surface area contributed by atoms with Gasteiger partial charge in [-0.1, -0.05) is 24.3 Å². The van der Waals surface area contributed by atoms with E-state index in [2.05, 4.69) is 17.0 Å². The Balaban J connectivity index is 2.18. The van der Waals surface area contributed by atoms with Gasteiger partial charge in [0.2, 0.25) is 0 Å². The number of nitrogens with one attached hydrogen (secondary N) is 1. The first-order valence-corrected chi connectivity index (χ1v) is 7.15. The Hall–Kier alpha value is -3.15. The first-order chi connectivity index (χ1) is 11.1. The average Bonchev–Trinajstić information content (AvgIpc) is 2.90. The van der Waals surface area contributed by atoms with E-state index in [0.29, 0.717) is 29.1 Å². The molecule has 0 saturated heterocycles. The predicted octanol–water partition coefficient (Wildman–Crippen LogP) is 1.59. The standard InChI is InChI=1S/C17H16N4O2/c1-3-9-18-16(22)13-10-20(2)11-14-15(13)19-21(17(14)23)12-7-5-4-6-8-12/h3-8,10-11H,1,9H2,2H3,(H,18,22). The molecule has 23 heavy (non-hydrogen) atoms. The summed E-state index contributed by atoms with van der Waals surface area (Å²) in [6.07, 6.45) is 4.93. The lowest BCUT2D eigenvalue weighted by Gasteiger charge is -2.08. The number of pyridine rings is 1. The minimum absolute atomic E-state index is 0.250. The number of aryl methyl sites for hydroxylation is 1. The molecule has 6 heteroatoms. The molecule has 1 amide bonds. The quantitative estimate of drug-likeness (QED) is 0.744. The van der Waals surface area contributed by atoms with E-state index < -0.39 is 0 Å². The Morgan fingerprint density at radius 2 is 2.04 bits per heavy atom. The van der Waals surface area contributed by atoms with Crippen LogP contribution in [0.1, 0.15) is 10.4 Å². The zero-order valence-electron chi connectivity index (χ0n) is 12.7. The van der Waals surface area contributed by atoms with Gasteiger partial charge in [-0.15, -0.1) is 6.58 Å². The number of carbonyl (C=O) groups is 1. The molecule has 116 valence electrons. The van der Waals surface area contributed by atoms with E-state index in [1.165, 1.54) is 4.68 Å². The Morgan fingerprint density at radius 1 is 1.30 bits per heavy atom. The molecule has 1 aromatic rings. The van der Waals surface area contributed by atoms with Crippen LogP contribution in [-0.2, 0) is 7.05 Å². The highest BCUT2D eigenvalue weighted by Crippen LogP contribution is 2.21. The largest absolute Gasteiger partial charge is 0.356 e. The van der Waals surface area contributed by atoms with Crippen molar-refractivity contribution >= 4 is 5.91 Å². The summed E-state index contributed by atoms with van der Waals surface area (Å²) in [6.45, 7) is 3.92. The molecule has 0 bridgehead atoms. The van der Waals surface area contributed by atoms with Crippen molar-refractivity contribution in [2.24, 2.45) is 7.05 Å². The van der Waals surface area contributed by atoms with Gasteiger partial charge in [0, 0.05) is 26.0 Å². The first-order valence-electron chi connectivity index (χ1n) is 7.15. The van der Waals surface area contributed by atoms with E-state index in [-0.39, 0.29) is 11.5 Å². The van der Waals surface area contributed by atoms with Crippen molar-refractivity contribution in [2.45, 2.75) is 0 Å². The molecule has 0 aliphatic carbocycles. The second-order valence-electron chi connectivity index (χ2n) is 5.15. The maximum Gasteiger partial charge on any atom is 0.282 e. The van der Waals surface area contributed by atoms with Crippen LogP contribution in [0.5, 0.6) is 0 Å². The molecule has 1 aromatic carbocycles. The third kappa shape index (κ3) is 2.66. The molecule has 2 aliphatic rings. The maximum absolute atomic E-state index is 12.6. The topological polar surface area (TPSA) is 68.9 Å². The smallest absolute Gasteiger partial charge is 0.282 e. The summed E-state index contributed by atoms with van der Waals surface area (Å²) in [4.78, 5) is 24.9. The third-order valence-electron chi connectivity index (χ3n) is 3.45. The number of nitrogens with zero attached hydrogens (tertiary/aromatic N) is 3. The Kier molecular flexibility index (Phi) is 3.80. The lowest BCUT2D eigenvalue weighted by Crippen LogP contribution is -2.25. The molecule has 2 aliphatic heterocycles. The molecule has 0 saturated carbocycles. The summed E-state index contributed by atoms with van der Waals surface area (Å²) in [5, 5.41) is 7.07. The zero-order chi connectivity index (χ0) is 16.4. The Bertz CT molecular complexity index is 893.